The first-order chi connectivity index (χ1) is 67.5. The number of terminal acetylenes is 8. The van der Waals surface area contributed by atoms with Gasteiger partial charge < -0.3 is 15.3 Å². The fourth-order valence-electron chi connectivity index (χ4n) is 17.6. The molecule has 19 rings (SSSR count). The molecule has 0 atom stereocenters. The lowest BCUT2D eigenvalue weighted by Gasteiger charge is -2.23. The largest absolute Gasteiger partial charge is 0.506 e. The zero-order valence-corrected chi connectivity index (χ0v) is 76.2. The number of benzene rings is 19. The molecule has 0 saturated heterocycles. The smallest absolute Gasteiger partial charge is 0.138 e. The summed E-state index contributed by atoms with van der Waals surface area (Å²) in [6.45, 7) is 6.58. The van der Waals surface area contributed by atoms with Crippen molar-refractivity contribution in [1.82, 2.24) is 0 Å². The lowest BCUT2D eigenvalue weighted by molar-refractivity contribution is 0.436. The van der Waals surface area contributed by atoms with E-state index in [0.717, 1.165) is 172 Å². The predicted molar refractivity (Wildman–Crippen MR) is 576 cm³/mol. The minimum atomic E-state index is -0.240. The molecule has 19 aromatic carbocycles. The summed E-state index contributed by atoms with van der Waals surface area (Å²) in [7, 11) is 0. The third kappa shape index (κ3) is 19.9. The molecule has 646 valence electrons. The Kier molecular flexibility index (Phi) is 27.2. The van der Waals surface area contributed by atoms with Crippen molar-refractivity contribution >= 4 is 0 Å². The molecule has 0 heterocycles. The van der Waals surface area contributed by atoms with Gasteiger partial charge in [0.2, 0.25) is 0 Å². The first kappa shape index (κ1) is 90.6. The Labute approximate surface area is 810 Å². The number of hydrogen-bond donors (Lipinski definition) is 3. The quantitative estimate of drug-likeness (QED) is 0.0897. The molecule has 0 aliphatic rings. The Balaban J connectivity index is 0.000000148. The Hall–Kier alpha value is -19.4. The van der Waals surface area contributed by atoms with E-state index in [0.29, 0.717) is 16.7 Å². The highest BCUT2D eigenvalue weighted by Crippen LogP contribution is 2.56. The second-order valence-electron chi connectivity index (χ2n) is 33.4. The lowest BCUT2D eigenvalue weighted by atomic mass is 9.80. The van der Waals surface area contributed by atoms with E-state index in [1.54, 1.807) is 0 Å². The Bertz CT molecular complexity index is 7550. The van der Waals surface area contributed by atoms with Gasteiger partial charge in [-0.25, -0.2) is 0 Å². The van der Waals surface area contributed by atoms with Crippen molar-refractivity contribution < 1.29 is 15.3 Å². The van der Waals surface area contributed by atoms with E-state index in [1.807, 2.05) is 237 Å². The maximum atomic E-state index is 11.9. The molecule has 0 spiro atoms. The highest BCUT2D eigenvalue weighted by atomic mass is 16.3. The predicted octanol–water partition coefficient (Wildman–Crippen LogP) is 31.4. The minimum absolute atomic E-state index is 0.204. The van der Waals surface area contributed by atoms with Crippen molar-refractivity contribution in [2.75, 3.05) is 0 Å². The van der Waals surface area contributed by atoms with Crippen molar-refractivity contribution in [3.8, 4) is 295 Å². The summed E-state index contributed by atoms with van der Waals surface area (Å²) in [6.07, 6.45) is 44.5. The van der Waals surface area contributed by atoms with Gasteiger partial charge in [-0.15, -0.1) is 51.4 Å². The average Bonchev–Trinajstić information content (AvgIpc) is 0.744. The van der Waals surface area contributed by atoms with Crippen molar-refractivity contribution in [2.45, 2.75) is 20.8 Å². The molecule has 0 bridgehead atoms. The average molecular weight is 1760 g/mol. The van der Waals surface area contributed by atoms with Crippen LogP contribution in [-0.4, -0.2) is 15.3 Å². The molecule has 0 unspecified atom stereocenters. The summed E-state index contributed by atoms with van der Waals surface area (Å²) < 4.78 is 0. The topological polar surface area (TPSA) is 60.7 Å². The van der Waals surface area contributed by atoms with Crippen LogP contribution in [0.5, 0.6) is 17.2 Å². The molecular weight excluding hydrogens is 1670 g/mol. The first-order valence-corrected chi connectivity index (χ1v) is 44.9. The van der Waals surface area contributed by atoms with Gasteiger partial charge in [-0.2, -0.15) is 0 Å². The molecule has 3 N–H and O–H groups in total. The molecule has 0 saturated carbocycles. The summed E-state index contributed by atoms with van der Waals surface area (Å²) in [5.74, 6) is 27.2. The van der Waals surface area contributed by atoms with Crippen LogP contribution >= 0.6 is 0 Å². The van der Waals surface area contributed by atoms with E-state index in [9.17, 15) is 15.3 Å². The van der Waals surface area contributed by atoms with Crippen molar-refractivity contribution in [3.63, 3.8) is 0 Å². The fourth-order valence-corrected chi connectivity index (χ4v) is 17.6. The maximum Gasteiger partial charge on any atom is 0.138 e. The molecule has 138 heavy (non-hydrogen) atoms. The van der Waals surface area contributed by atoms with E-state index in [-0.39, 0.29) is 33.9 Å². The number of rotatable bonds is 15. The van der Waals surface area contributed by atoms with Crippen LogP contribution in [0.25, 0.3) is 167 Å². The van der Waals surface area contributed by atoms with E-state index >= 15 is 0 Å². The summed E-state index contributed by atoms with van der Waals surface area (Å²) in [4.78, 5) is 0. The second-order valence-corrected chi connectivity index (χ2v) is 33.4. The molecule has 0 fully saturated rings. The van der Waals surface area contributed by atoms with Gasteiger partial charge in [0.15, 0.2) is 0 Å². The molecule has 0 aromatic heterocycles. The molecule has 0 aliphatic carbocycles. The van der Waals surface area contributed by atoms with Gasteiger partial charge in [0.1, 0.15) is 17.2 Å². The van der Waals surface area contributed by atoms with E-state index in [4.69, 9.17) is 51.4 Å². The lowest BCUT2D eigenvalue weighted by Crippen LogP contribution is -2.01. The van der Waals surface area contributed by atoms with Gasteiger partial charge in [-0.1, -0.05) is 332 Å². The Morgan fingerprint density at radius 2 is 0.261 bits per heavy atom. The van der Waals surface area contributed by atoms with Crippen LogP contribution in [0.2, 0.25) is 0 Å². The number of aromatic hydroxyl groups is 3. The third-order valence-corrected chi connectivity index (χ3v) is 25.1. The van der Waals surface area contributed by atoms with Gasteiger partial charge in [0, 0.05) is 55.6 Å². The van der Waals surface area contributed by atoms with Crippen molar-refractivity contribution in [2.24, 2.45) is 0 Å². The molecular formula is C135H88O3. The Morgan fingerprint density at radius 3 is 0.428 bits per heavy atom. The number of phenols is 3. The summed E-state index contributed by atoms with van der Waals surface area (Å²) in [6, 6.07) is 138. The molecule has 3 nitrogen and oxygen atoms in total. The summed E-state index contributed by atoms with van der Waals surface area (Å²) >= 11 is 0. The van der Waals surface area contributed by atoms with Gasteiger partial charge in [-0.05, 0) is 327 Å². The van der Waals surface area contributed by atoms with Crippen molar-refractivity contribution in [3.05, 3.63) is 485 Å². The van der Waals surface area contributed by atoms with E-state index in [2.05, 4.69) is 256 Å². The zero-order valence-electron chi connectivity index (χ0n) is 76.2. The van der Waals surface area contributed by atoms with Gasteiger partial charge >= 0.3 is 0 Å². The monoisotopic (exact) mass is 1760 g/mol. The zero-order chi connectivity index (χ0) is 95.7. The molecule has 0 aliphatic heterocycles. The van der Waals surface area contributed by atoms with Crippen LogP contribution in [0.1, 0.15) is 72.3 Å². The Morgan fingerprint density at radius 1 is 0.138 bits per heavy atom. The van der Waals surface area contributed by atoms with Crippen LogP contribution in [0, 0.1) is 131 Å². The standard InChI is InChI=1S/C54H34.C48H30O3.C33H24/c1-3-39-12-18-43(19-13-39)46-24-30-49(31-25-46)52-36-53(50-32-26-47(27-33-50)44-20-14-40(4-2)15-21-44)38-54(37-52)51-34-28-48(29-35-51)45-22-16-42(17-23-45)11-10-41-8-6-5-7-9-41;1-4-31-7-13-34(14-8-31)37-19-25-40(26-20-37)43-46(49)44(41-27-21-38(22-28-41)35-15-9-32(5-2)10-16-35)48(51)45(47(43)50)42-29-23-39(24-30-42)36-17-11-33(6-3)12-18-36;1-7-25-10-16-28(17-11-25)31-22(4)32(29-18-12-26(8-2)13-19-29)24(6)33(23(31)5)30-20-14-27(9-3)15-21-30/h1-2,5-9,12-38H;1-3,7-30,49-51H;1-3,10-21H,4-6H3. The number of phenolic OH excluding ortho intramolecular Hbond substituents is 3. The normalized spacial score (nSPS) is 10.4. The van der Waals surface area contributed by atoms with Crippen LogP contribution in [0.15, 0.2) is 413 Å². The van der Waals surface area contributed by atoms with Gasteiger partial charge in [-0.3, -0.25) is 0 Å². The first-order valence-electron chi connectivity index (χ1n) is 44.9. The highest BCUT2D eigenvalue weighted by molar-refractivity contribution is 6.00. The summed E-state index contributed by atoms with van der Waals surface area (Å²) in [5.41, 5.74) is 41.5. The molecule has 0 radical (unpaired) electrons. The van der Waals surface area contributed by atoms with Crippen LogP contribution < -0.4 is 0 Å². The number of hydrogen-bond acceptors (Lipinski definition) is 3. The molecule has 19 aromatic rings. The van der Waals surface area contributed by atoms with Crippen LogP contribution in [-0.2, 0) is 0 Å². The molecule has 3 heteroatoms. The van der Waals surface area contributed by atoms with E-state index < -0.39 is 0 Å². The maximum absolute atomic E-state index is 11.9. The molecule has 0 amide bonds. The van der Waals surface area contributed by atoms with Gasteiger partial charge in [0.05, 0.1) is 16.7 Å². The minimum Gasteiger partial charge on any atom is -0.506 e. The highest BCUT2D eigenvalue weighted by Gasteiger charge is 2.28. The SMILES string of the molecule is C#Cc1ccc(-c2c(C)c(-c3ccc(C#C)cc3)c(C)c(-c3ccc(C#C)cc3)c2C)cc1.C#Cc1ccc(-c2ccc(-c3c(O)c(-c4ccc(-c5ccc(C#C)cc5)cc4)c(O)c(-c4ccc(-c5ccc(C#C)cc5)cc4)c3O)cc2)cc1.C#Cc1ccc(-c2ccc(-c3cc(-c4ccc(-c5ccc(C#C)cc5)cc4)cc(-c4ccc(-c5ccc(C#Cc6ccccc6)cc5)cc4)c3)cc2)cc1. The third-order valence-electron chi connectivity index (χ3n) is 25.1. The fraction of sp³-hybridized carbons (Fsp3) is 0.0222. The van der Waals surface area contributed by atoms with Crippen molar-refractivity contribution in [1.29, 1.82) is 0 Å². The van der Waals surface area contributed by atoms with Crippen LogP contribution in [0.3, 0.4) is 0 Å². The second kappa shape index (κ2) is 41.4. The van der Waals surface area contributed by atoms with E-state index in [1.165, 1.54) is 33.4 Å². The van der Waals surface area contributed by atoms with Crippen LogP contribution in [0.4, 0.5) is 0 Å². The van der Waals surface area contributed by atoms with Gasteiger partial charge in [0.25, 0.3) is 0 Å². The summed E-state index contributed by atoms with van der Waals surface area (Å²) in [5, 5.41) is 35.6.